The molecule has 2 aromatic carbocycles. The summed E-state index contributed by atoms with van der Waals surface area (Å²) in [6, 6.07) is 9.57. The van der Waals surface area contributed by atoms with Gasteiger partial charge in [-0.2, -0.15) is 10.2 Å². The maximum absolute atomic E-state index is 14.6. The van der Waals surface area contributed by atoms with Gasteiger partial charge in [0.05, 0.1) is 12.7 Å². The number of halogens is 1. The van der Waals surface area contributed by atoms with Crippen molar-refractivity contribution in [3.63, 3.8) is 0 Å². The largest absolute Gasteiger partial charge is 0.337 e. The number of amides is 3. The molecule has 10 nitrogen and oxygen atoms in total. The number of nitrogens with one attached hydrogen (secondary N) is 1. The van der Waals surface area contributed by atoms with Crippen LogP contribution in [0.1, 0.15) is 52.1 Å². The van der Waals surface area contributed by atoms with Crippen molar-refractivity contribution < 1.29 is 23.6 Å². The first-order valence-corrected chi connectivity index (χ1v) is 14.1. The number of ketones is 1. The van der Waals surface area contributed by atoms with Crippen molar-refractivity contribution in [1.82, 2.24) is 14.4 Å². The number of hydrogen-bond donors (Lipinski definition) is 1. The Balaban J connectivity index is 1.37. The molecule has 3 amide bonds. The zero-order valence-electron chi connectivity index (χ0n) is 24.3. The van der Waals surface area contributed by atoms with Gasteiger partial charge in [0.25, 0.3) is 5.91 Å². The van der Waals surface area contributed by atoms with Crippen LogP contribution in [0.4, 0.5) is 10.1 Å². The van der Waals surface area contributed by atoms with Crippen LogP contribution >= 0.6 is 0 Å². The highest BCUT2D eigenvalue weighted by atomic mass is 19.1. The standard InChI is InChI=1S/C32H33FN6O4/c1-5-20(14-35-34-4)21-8-10-28-26(11-21)27(19(3)40)17-38(28)18-30(41)39-16-23(33)12-29(39)31(42)36-24-9-7-22-15-37(6-2)32(43)25(22)13-24/h5,7-11,13-14,17,23,29H,1,6,12,15-16,18H2,2-4H3,(H,36,42)/b20-14+,35-34-/t23-,29+/m1/s1. The van der Waals surface area contributed by atoms with Crippen molar-refractivity contribution in [3.05, 3.63) is 83.7 Å². The fourth-order valence-electron chi connectivity index (χ4n) is 5.72. The van der Waals surface area contributed by atoms with Gasteiger partial charge in [-0.3, -0.25) is 19.2 Å². The summed E-state index contributed by atoms with van der Waals surface area (Å²) in [7, 11) is 1.56. The monoisotopic (exact) mass is 584 g/mol. The number of nitrogens with zero attached hydrogens (tertiary/aromatic N) is 5. The molecule has 222 valence electrons. The predicted molar refractivity (Wildman–Crippen MR) is 161 cm³/mol. The molecule has 1 aromatic heterocycles. The van der Waals surface area contributed by atoms with E-state index >= 15 is 0 Å². The Kier molecular flexibility index (Phi) is 8.33. The van der Waals surface area contributed by atoms with Gasteiger partial charge in [0.15, 0.2) is 5.78 Å². The van der Waals surface area contributed by atoms with E-state index in [0.717, 1.165) is 11.1 Å². The molecule has 1 saturated heterocycles. The Morgan fingerprint density at radius 2 is 1.98 bits per heavy atom. The Hall–Kier alpha value is -4.93. The minimum absolute atomic E-state index is 0.102. The SMILES string of the molecule is C=C/C(=C\N=N/C)c1ccc2c(c1)c(C(C)=O)cn2CC(=O)N1C[C@H](F)C[C@H]1C(=O)Nc1ccc2c(c1)C(=O)N(CC)C2. The number of alkyl halides is 1. The molecular weight excluding hydrogens is 551 g/mol. The summed E-state index contributed by atoms with van der Waals surface area (Å²) in [4.78, 5) is 54.9. The van der Waals surface area contributed by atoms with E-state index in [0.29, 0.717) is 46.4 Å². The molecule has 0 spiro atoms. The van der Waals surface area contributed by atoms with Crippen LogP contribution in [0.5, 0.6) is 0 Å². The second kappa shape index (κ2) is 12.1. The third-order valence-electron chi connectivity index (χ3n) is 7.94. The third-order valence-corrected chi connectivity index (χ3v) is 7.94. The zero-order valence-corrected chi connectivity index (χ0v) is 24.3. The molecule has 0 unspecified atom stereocenters. The summed E-state index contributed by atoms with van der Waals surface area (Å²) in [6.07, 6.45) is 3.31. The van der Waals surface area contributed by atoms with Crippen LogP contribution in [-0.4, -0.2) is 70.2 Å². The van der Waals surface area contributed by atoms with E-state index in [-0.39, 0.29) is 31.2 Å². The van der Waals surface area contributed by atoms with Crippen LogP contribution in [0.3, 0.4) is 0 Å². The molecule has 43 heavy (non-hydrogen) atoms. The van der Waals surface area contributed by atoms with Crippen molar-refractivity contribution >= 4 is 45.7 Å². The first kappa shape index (κ1) is 29.6. The van der Waals surface area contributed by atoms with E-state index in [1.807, 2.05) is 19.1 Å². The van der Waals surface area contributed by atoms with Crippen LogP contribution in [0.2, 0.25) is 0 Å². The second-order valence-electron chi connectivity index (χ2n) is 10.6. The van der Waals surface area contributed by atoms with Gasteiger partial charge in [0.2, 0.25) is 11.8 Å². The van der Waals surface area contributed by atoms with Gasteiger partial charge < -0.3 is 19.7 Å². The van der Waals surface area contributed by atoms with Gasteiger partial charge in [-0.15, -0.1) is 0 Å². The predicted octanol–water partition coefficient (Wildman–Crippen LogP) is 5.01. The Labute approximate surface area is 248 Å². The summed E-state index contributed by atoms with van der Waals surface area (Å²) in [5.74, 6) is -1.25. The summed E-state index contributed by atoms with van der Waals surface area (Å²) in [5, 5.41) is 11.1. The number of rotatable bonds is 9. The van der Waals surface area contributed by atoms with Crippen molar-refractivity contribution in [2.75, 3.05) is 25.5 Å². The van der Waals surface area contributed by atoms with Crippen molar-refractivity contribution in [2.24, 2.45) is 10.2 Å². The molecule has 3 aromatic rings. The van der Waals surface area contributed by atoms with Gasteiger partial charge in [0.1, 0.15) is 18.8 Å². The Bertz CT molecular complexity index is 1710. The number of azo groups is 1. The Morgan fingerprint density at radius 3 is 2.67 bits per heavy atom. The highest BCUT2D eigenvalue weighted by molar-refractivity contribution is 6.08. The summed E-state index contributed by atoms with van der Waals surface area (Å²) >= 11 is 0. The minimum atomic E-state index is -1.36. The first-order valence-electron chi connectivity index (χ1n) is 14.1. The van der Waals surface area contributed by atoms with Crippen LogP contribution in [-0.2, 0) is 22.7 Å². The molecule has 5 rings (SSSR count). The summed E-state index contributed by atoms with van der Waals surface area (Å²) < 4.78 is 16.3. The van der Waals surface area contributed by atoms with E-state index in [4.69, 9.17) is 0 Å². The normalized spacial score (nSPS) is 18.5. The van der Waals surface area contributed by atoms with Gasteiger partial charge in [-0.05, 0) is 49.2 Å². The lowest BCUT2D eigenvalue weighted by Gasteiger charge is -2.24. The quantitative estimate of drug-likeness (QED) is 0.216. The van der Waals surface area contributed by atoms with Crippen LogP contribution in [0.15, 0.2) is 71.7 Å². The van der Waals surface area contributed by atoms with Crippen LogP contribution < -0.4 is 5.32 Å². The summed E-state index contributed by atoms with van der Waals surface area (Å²) in [6.45, 7) is 7.87. The van der Waals surface area contributed by atoms with Gasteiger partial charge in [0, 0.05) is 66.0 Å². The fourth-order valence-corrected chi connectivity index (χ4v) is 5.72. The van der Waals surface area contributed by atoms with Gasteiger partial charge in [-0.1, -0.05) is 24.8 Å². The molecule has 2 aliphatic rings. The molecule has 1 N–H and O–H groups in total. The Morgan fingerprint density at radius 1 is 1.19 bits per heavy atom. The highest BCUT2D eigenvalue weighted by Gasteiger charge is 2.40. The number of Topliss-reactive ketones (excluding diaryl/α,β-unsaturated/α-hetero) is 1. The van der Waals surface area contributed by atoms with E-state index in [9.17, 15) is 23.6 Å². The smallest absolute Gasteiger partial charge is 0.254 e. The molecule has 0 saturated carbocycles. The lowest BCUT2D eigenvalue weighted by Crippen LogP contribution is -2.44. The number of carbonyl (C=O) groups excluding carboxylic acids is 4. The molecule has 11 heteroatoms. The average Bonchev–Trinajstić information content (AvgIpc) is 3.66. The van der Waals surface area contributed by atoms with E-state index < -0.39 is 24.0 Å². The fraction of sp³-hybridized carbons (Fsp3) is 0.312. The highest BCUT2D eigenvalue weighted by Crippen LogP contribution is 2.30. The first-order chi connectivity index (χ1) is 20.6. The molecular formula is C32H33FN6O4. The lowest BCUT2D eigenvalue weighted by molar-refractivity contribution is -0.137. The zero-order chi connectivity index (χ0) is 30.8. The molecule has 3 heterocycles. The van der Waals surface area contributed by atoms with Crippen LogP contribution in [0, 0.1) is 0 Å². The molecule has 0 bridgehead atoms. The van der Waals surface area contributed by atoms with Crippen molar-refractivity contribution in [2.45, 2.75) is 45.6 Å². The van der Waals surface area contributed by atoms with Gasteiger partial charge in [-0.25, -0.2) is 4.39 Å². The van der Waals surface area contributed by atoms with E-state index in [1.165, 1.54) is 11.8 Å². The molecule has 0 radical (unpaired) electrons. The topological polar surface area (TPSA) is 116 Å². The van der Waals surface area contributed by atoms with Crippen molar-refractivity contribution in [3.8, 4) is 0 Å². The number of hydrogen-bond acceptors (Lipinski definition) is 6. The number of likely N-dealkylation sites (tertiary alicyclic amines) is 1. The van der Waals surface area contributed by atoms with E-state index in [1.54, 1.807) is 59.3 Å². The molecule has 2 aliphatic heterocycles. The van der Waals surface area contributed by atoms with Gasteiger partial charge >= 0.3 is 0 Å². The number of carbonyl (C=O) groups is 4. The average molecular weight is 585 g/mol. The molecule has 0 aliphatic carbocycles. The van der Waals surface area contributed by atoms with Crippen molar-refractivity contribution in [1.29, 1.82) is 0 Å². The summed E-state index contributed by atoms with van der Waals surface area (Å²) in [5.41, 5.74) is 4.37. The second-order valence-corrected chi connectivity index (χ2v) is 10.6. The number of allylic oxidation sites excluding steroid dienone is 2. The van der Waals surface area contributed by atoms with E-state index in [2.05, 4.69) is 22.1 Å². The molecule has 1 fully saturated rings. The maximum Gasteiger partial charge on any atom is 0.254 e. The van der Waals surface area contributed by atoms with Crippen LogP contribution in [0.25, 0.3) is 16.5 Å². The number of aromatic nitrogens is 1. The molecule has 2 atom stereocenters. The number of anilines is 1. The number of fused-ring (bicyclic) bond motifs is 2. The third kappa shape index (κ3) is 5.75. The maximum atomic E-state index is 14.6. The number of benzene rings is 2. The lowest BCUT2D eigenvalue weighted by atomic mass is 10.0. The minimum Gasteiger partial charge on any atom is -0.337 e.